The lowest BCUT2D eigenvalue weighted by Gasteiger charge is -2.35. The van der Waals surface area contributed by atoms with Crippen LogP contribution < -0.4 is 5.32 Å². The molecule has 4 rings (SSSR count). The molecule has 0 aliphatic carbocycles. The van der Waals surface area contributed by atoms with E-state index < -0.39 is 0 Å². The Balaban J connectivity index is 1.34. The monoisotopic (exact) mass is 343 g/mol. The van der Waals surface area contributed by atoms with E-state index in [0.717, 1.165) is 38.0 Å². The third-order valence-corrected chi connectivity index (χ3v) is 5.58. The van der Waals surface area contributed by atoms with Crippen molar-refractivity contribution in [1.29, 1.82) is 0 Å². The number of likely N-dealkylation sites (tertiary alicyclic amines) is 1. The highest BCUT2D eigenvalue weighted by atomic mass is 32.1. The van der Waals surface area contributed by atoms with E-state index in [0.29, 0.717) is 6.04 Å². The van der Waals surface area contributed by atoms with Crippen molar-refractivity contribution in [3.63, 3.8) is 0 Å². The molecule has 0 spiro atoms. The van der Waals surface area contributed by atoms with Crippen molar-refractivity contribution in [1.82, 2.24) is 9.88 Å². The molecule has 0 bridgehead atoms. The maximum absolute atomic E-state index is 12.4. The summed E-state index contributed by atoms with van der Waals surface area (Å²) in [6.45, 7) is 2.03. The first kappa shape index (κ1) is 15.7. The minimum absolute atomic E-state index is 0.0577. The Labute approximate surface area is 145 Å². The van der Waals surface area contributed by atoms with Crippen LogP contribution in [0.1, 0.15) is 24.8 Å². The van der Waals surface area contributed by atoms with Gasteiger partial charge in [0.25, 0.3) is 5.91 Å². The number of nitrogens with zero attached hydrogens (tertiary/aromatic N) is 2. The topological polar surface area (TPSA) is 54.5 Å². The Morgan fingerprint density at radius 2 is 2.33 bits per heavy atom. The number of hydrogen-bond acceptors (Lipinski definition) is 5. The van der Waals surface area contributed by atoms with Gasteiger partial charge in [-0.25, -0.2) is 0 Å². The summed E-state index contributed by atoms with van der Waals surface area (Å²) in [4.78, 5) is 18.9. The Morgan fingerprint density at radius 3 is 3.12 bits per heavy atom. The van der Waals surface area contributed by atoms with Crippen LogP contribution >= 0.6 is 11.3 Å². The maximum Gasteiger partial charge on any atom is 0.253 e. The van der Waals surface area contributed by atoms with Crippen LogP contribution in [0.25, 0.3) is 0 Å². The van der Waals surface area contributed by atoms with Gasteiger partial charge in [0.2, 0.25) is 0 Å². The third-order valence-electron chi connectivity index (χ3n) is 4.85. The maximum atomic E-state index is 12.4. The van der Waals surface area contributed by atoms with E-state index in [9.17, 15) is 4.79 Å². The summed E-state index contributed by atoms with van der Waals surface area (Å²) >= 11 is 1.74. The number of thiophene rings is 1. The predicted octanol–water partition coefficient (Wildman–Crippen LogP) is 2.90. The van der Waals surface area contributed by atoms with Crippen molar-refractivity contribution < 1.29 is 9.53 Å². The number of amides is 1. The second kappa shape index (κ2) is 7.01. The lowest BCUT2D eigenvalue weighted by molar-refractivity contribution is -0.138. The second-order valence-corrected chi connectivity index (χ2v) is 7.21. The van der Waals surface area contributed by atoms with Gasteiger partial charge in [-0.05, 0) is 53.8 Å². The average molecular weight is 343 g/mol. The van der Waals surface area contributed by atoms with Gasteiger partial charge in [-0.3, -0.25) is 14.7 Å². The zero-order chi connectivity index (χ0) is 16.4. The fraction of sp³-hybridized carbons (Fsp3) is 0.444. The molecular formula is C18H21N3O2S. The molecule has 2 fully saturated rings. The molecule has 2 aliphatic heterocycles. The first-order chi connectivity index (χ1) is 11.8. The van der Waals surface area contributed by atoms with Gasteiger partial charge in [-0.2, -0.15) is 11.3 Å². The molecular weight excluding hydrogens is 322 g/mol. The molecule has 2 aromatic heterocycles. The van der Waals surface area contributed by atoms with Gasteiger partial charge >= 0.3 is 0 Å². The average Bonchev–Trinajstić information content (AvgIpc) is 3.26. The van der Waals surface area contributed by atoms with Crippen molar-refractivity contribution in [2.75, 3.05) is 11.9 Å². The molecule has 0 aromatic carbocycles. The van der Waals surface area contributed by atoms with Gasteiger partial charge in [0, 0.05) is 25.3 Å². The van der Waals surface area contributed by atoms with Crippen LogP contribution in [0.5, 0.6) is 0 Å². The normalized spacial score (nSPS) is 26.9. The molecule has 1 amide bonds. The Morgan fingerprint density at radius 1 is 1.38 bits per heavy atom. The molecule has 2 aliphatic rings. The third kappa shape index (κ3) is 3.36. The van der Waals surface area contributed by atoms with Gasteiger partial charge in [0.1, 0.15) is 6.10 Å². The highest BCUT2D eigenvalue weighted by Gasteiger charge is 2.41. The van der Waals surface area contributed by atoms with E-state index in [-0.39, 0.29) is 18.1 Å². The highest BCUT2D eigenvalue weighted by Crippen LogP contribution is 2.33. The van der Waals surface area contributed by atoms with Crippen LogP contribution in [0.4, 0.5) is 5.69 Å². The van der Waals surface area contributed by atoms with Gasteiger partial charge in [0.15, 0.2) is 0 Å². The number of rotatable bonds is 4. The number of pyridine rings is 1. The molecule has 5 nitrogen and oxygen atoms in total. The summed E-state index contributed by atoms with van der Waals surface area (Å²) in [7, 11) is 0. The summed E-state index contributed by atoms with van der Waals surface area (Å²) < 4.78 is 6.12. The molecule has 4 heterocycles. The number of hydrogen-bond donors (Lipinski definition) is 1. The fourth-order valence-corrected chi connectivity index (χ4v) is 4.34. The predicted molar refractivity (Wildman–Crippen MR) is 93.9 cm³/mol. The Hall–Kier alpha value is -1.76. The first-order valence-electron chi connectivity index (χ1n) is 8.41. The zero-order valence-corrected chi connectivity index (χ0v) is 14.2. The highest BCUT2D eigenvalue weighted by molar-refractivity contribution is 7.07. The summed E-state index contributed by atoms with van der Waals surface area (Å²) in [5, 5.41) is 7.23. The van der Waals surface area contributed by atoms with Crippen molar-refractivity contribution in [3.8, 4) is 0 Å². The van der Waals surface area contributed by atoms with Crippen molar-refractivity contribution in [2.45, 2.75) is 44.1 Å². The van der Waals surface area contributed by atoms with E-state index in [1.54, 1.807) is 23.7 Å². The van der Waals surface area contributed by atoms with E-state index >= 15 is 0 Å². The number of nitrogens with one attached hydrogen (secondary N) is 1. The molecule has 0 unspecified atom stereocenters. The minimum Gasteiger partial charge on any atom is -0.363 e. The van der Waals surface area contributed by atoms with E-state index in [1.165, 1.54) is 5.56 Å². The number of ether oxygens (including phenoxy) is 1. The molecule has 6 heteroatoms. The molecule has 24 heavy (non-hydrogen) atoms. The van der Waals surface area contributed by atoms with Gasteiger partial charge in [-0.15, -0.1) is 0 Å². The van der Waals surface area contributed by atoms with E-state index in [2.05, 4.69) is 32.0 Å². The number of carbonyl (C=O) groups is 1. The quantitative estimate of drug-likeness (QED) is 0.927. The van der Waals surface area contributed by atoms with E-state index in [1.807, 2.05) is 12.1 Å². The number of aromatic nitrogens is 1. The molecule has 2 aromatic rings. The van der Waals surface area contributed by atoms with Crippen molar-refractivity contribution in [2.24, 2.45) is 0 Å². The summed E-state index contributed by atoms with van der Waals surface area (Å²) in [5.74, 6) is -0.0577. The summed E-state index contributed by atoms with van der Waals surface area (Å²) in [6, 6.07) is 6.28. The number of fused-ring (bicyclic) bond motifs is 1. The van der Waals surface area contributed by atoms with Crippen molar-refractivity contribution in [3.05, 3.63) is 46.9 Å². The molecule has 126 valence electrons. The second-order valence-electron chi connectivity index (χ2n) is 6.43. The first-order valence-corrected chi connectivity index (χ1v) is 9.35. The van der Waals surface area contributed by atoms with Crippen LogP contribution in [0.3, 0.4) is 0 Å². The molecule has 0 radical (unpaired) electrons. The molecule has 1 N–H and O–H groups in total. The largest absolute Gasteiger partial charge is 0.363 e. The van der Waals surface area contributed by atoms with Crippen molar-refractivity contribution >= 4 is 22.9 Å². The molecule has 2 saturated heterocycles. The SMILES string of the molecule is O=C(Nc1cccnc1)[C@@H]1CC[C@H]2[C@H](CCN2Cc2ccsc2)O1. The zero-order valence-electron chi connectivity index (χ0n) is 13.4. The standard InChI is InChI=1S/C18H21N3O2S/c22-18(20-14-2-1-7-19-10-14)17-4-3-15-16(23-17)5-8-21(15)11-13-6-9-24-12-13/h1-2,6-7,9-10,12,15-17H,3-5,8,11H2,(H,20,22)/t15-,16-,17-/m0/s1. The minimum atomic E-state index is -0.354. The van der Waals surface area contributed by atoms with Gasteiger partial charge in [-0.1, -0.05) is 0 Å². The van der Waals surface area contributed by atoms with Gasteiger partial charge < -0.3 is 10.1 Å². The summed E-state index contributed by atoms with van der Waals surface area (Å²) in [5.41, 5.74) is 2.09. The van der Waals surface area contributed by atoms with Crippen LogP contribution in [-0.2, 0) is 16.1 Å². The smallest absolute Gasteiger partial charge is 0.253 e. The number of carbonyl (C=O) groups excluding carboxylic acids is 1. The number of anilines is 1. The Bertz CT molecular complexity index is 677. The summed E-state index contributed by atoms with van der Waals surface area (Å²) in [6.07, 6.45) is 5.95. The van der Waals surface area contributed by atoms with Crippen LogP contribution in [0, 0.1) is 0 Å². The van der Waals surface area contributed by atoms with Crippen LogP contribution in [0.15, 0.2) is 41.4 Å². The van der Waals surface area contributed by atoms with Crippen LogP contribution in [-0.4, -0.2) is 40.6 Å². The van der Waals surface area contributed by atoms with E-state index in [4.69, 9.17) is 4.74 Å². The van der Waals surface area contributed by atoms with Crippen LogP contribution in [0.2, 0.25) is 0 Å². The fourth-order valence-electron chi connectivity index (χ4n) is 3.68. The lowest BCUT2D eigenvalue weighted by Crippen LogP contribution is -2.46. The lowest BCUT2D eigenvalue weighted by atomic mass is 9.98. The molecule has 0 saturated carbocycles. The molecule has 3 atom stereocenters. The van der Waals surface area contributed by atoms with Gasteiger partial charge in [0.05, 0.1) is 18.0 Å². The Kier molecular flexibility index (Phi) is 4.60.